The molecule has 0 unspecified atom stereocenters. The summed E-state index contributed by atoms with van der Waals surface area (Å²) in [6.45, 7) is 2.54. The van der Waals surface area contributed by atoms with Gasteiger partial charge in [-0.1, -0.05) is 6.07 Å². The first kappa shape index (κ1) is 21.6. The molecule has 0 aliphatic carbocycles. The van der Waals surface area contributed by atoms with Crippen LogP contribution in [-0.4, -0.2) is 35.7 Å². The van der Waals surface area contributed by atoms with Gasteiger partial charge in [-0.05, 0) is 55.0 Å². The predicted molar refractivity (Wildman–Crippen MR) is 114 cm³/mol. The van der Waals surface area contributed by atoms with E-state index >= 15 is 0 Å². The molecule has 3 rings (SSSR count). The van der Waals surface area contributed by atoms with Gasteiger partial charge >= 0.3 is 5.97 Å². The summed E-state index contributed by atoms with van der Waals surface area (Å²) in [4.78, 5) is 28.4. The van der Waals surface area contributed by atoms with E-state index in [1.165, 1.54) is 25.3 Å². The summed E-state index contributed by atoms with van der Waals surface area (Å²) in [7, 11) is 1.21. The number of aromatic hydroxyl groups is 1. The number of esters is 1. The van der Waals surface area contributed by atoms with Crippen molar-refractivity contribution < 1.29 is 28.9 Å². The van der Waals surface area contributed by atoms with Gasteiger partial charge in [-0.2, -0.15) is 0 Å². The largest absolute Gasteiger partial charge is 0.505 e. The Morgan fingerprint density at radius 2 is 1.81 bits per heavy atom. The van der Waals surface area contributed by atoms with Crippen LogP contribution in [0.5, 0.6) is 17.2 Å². The SMILES string of the molecule is CCOc1cc(C(=O)Nc2cccc(C(=O)OC)c2O)ccc1OCc1ccncc1. The Bertz CT molecular complexity index is 1070. The number of phenols is 1. The summed E-state index contributed by atoms with van der Waals surface area (Å²) < 4.78 is 16.1. The van der Waals surface area contributed by atoms with Gasteiger partial charge in [-0.15, -0.1) is 0 Å². The number of benzene rings is 2. The van der Waals surface area contributed by atoms with E-state index in [1.54, 1.807) is 30.6 Å². The molecule has 8 nitrogen and oxygen atoms in total. The number of hydrogen-bond donors (Lipinski definition) is 2. The number of carbonyl (C=O) groups excluding carboxylic acids is 2. The van der Waals surface area contributed by atoms with Crippen molar-refractivity contribution >= 4 is 17.6 Å². The average Bonchev–Trinajstić information content (AvgIpc) is 2.80. The van der Waals surface area contributed by atoms with E-state index in [0.29, 0.717) is 30.3 Å². The zero-order valence-electron chi connectivity index (χ0n) is 17.1. The molecular weight excluding hydrogens is 400 g/mol. The molecule has 1 amide bonds. The van der Waals surface area contributed by atoms with Crippen LogP contribution in [-0.2, 0) is 11.3 Å². The molecule has 0 aliphatic heterocycles. The first-order valence-electron chi connectivity index (χ1n) is 9.53. The Morgan fingerprint density at radius 3 is 2.52 bits per heavy atom. The third kappa shape index (κ3) is 5.30. The molecule has 0 aliphatic rings. The molecule has 2 aromatic carbocycles. The van der Waals surface area contributed by atoms with E-state index in [-0.39, 0.29) is 17.0 Å². The summed E-state index contributed by atoms with van der Waals surface area (Å²) >= 11 is 0. The average molecular weight is 422 g/mol. The van der Waals surface area contributed by atoms with Crippen molar-refractivity contribution in [2.75, 3.05) is 19.0 Å². The summed E-state index contributed by atoms with van der Waals surface area (Å²) in [6.07, 6.45) is 3.36. The lowest BCUT2D eigenvalue weighted by Gasteiger charge is -2.14. The van der Waals surface area contributed by atoms with E-state index < -0.39 is 11.9 Å². The number of amides is 1. The Labute approximate surface area is 179 Å². The van der Waals surface area contributed by atoms with Crippen LogP contribution in [0.25, 0.3) is 0 Å². The maximum absolute atomic E-state index is 12.7. The monoisotopic (exact) mass is 422 g/mol. The minimum absolute atomic E-state index is 0.0461. The van der Waals surface area contributed by atoms with Gasteiger partial charge in [0, 0.05) is 18.0 Å². The molecule has 8 heteroatoms. The van der Waals surface area contributed by atoms with Crippen molar-refractivity contribution in [2.24, 2.45) is 0 Å². The first-order valence-corrected chi connectivity index (χ1v) is 9.53. The third-order valence-corrected chi connectivity index (χ3v) is 4.34. The fourth-order valence-electron chi connectivity index (χ4n) is 2.79. The lowest BCUT2D eigenvalue weighted by Crippen LogP contribution is -2.13. The topological polar surface area (TPSA) is 107 Å². The molecule has 0 atom stereocenters. The number of phenolic OH excluding ortho intramolecular Hbond substituents is 1. The molecule has 1 aromatic heterocycles. The molecule has 0 radical (unpaired) electrons. The molecule has 0 saturated heterocycles. The van der Waals surface area contributed by atoms with Crippen molar-refractivity contribution in [2.45, 2.75) is 13.5 Å². The van der Waals surface area contributed by atoms with Crippen LogP contribution < -0.4 is 14.8 Å². The Kier molecular flexibility index (Phi) is 7.05. The number of methoxy groups -OCH3 is 1. The number of pyridine rings is 1. The quantitative estimate of drug-likeness (QED) is 0.420. The molecule has 0 bridgehead atoms. The number of anilines is 1. The van der Waals surface area contributed by atoms with Gasteiger partial charge in [0.15, 0.2) is 17.2 Å². The van der Waals surface area contributed by atoms with Gasteiger partial charge in [0.25, 0.3) is 5.91 Å². The molecule has 31 heavy (non-hydrogen) atoms. The zero-order valence-corrected chi connectivity index (χ0v) is 17.1. The van der Waals surface area contributed by atoms with Crippen molar-refractivity contribution in [1.82, 2.24) is 4.98 Å². The number of nitrogens with one attached hydrogen (secondary N) is 1. The smallest absolute Gasteiger partial charge is 0.341 e. The van der Waals surface area contributed by atoms with Gasteiger partial charge < -0.3 is 24.6 Å². The van der Waals surface area contributed by atoms with Gasteiger partial charge in [0.05, 0.1) is 19.4 Å². The second-order valence-corrected chi connectivity index (χ2v) is 6.39. The fourth-order valence-corrected chi connectivity index (χ4v) is 2.79. The molecule has 1 heterocycles. The zero-order chi connectivity index (χ0) is 22.2. The summed E-state index contributed by atoms with van der Waals surface area (Å²) in [5.41, 5.74) is 1.28. The van der Waals surface area contributed by atoms with Crippen LogP contribution in [0.1, 0.15) is 33.2 Å². The van der Waals surface area contributed by atoms with Crippen molar-refractivity contribution in [3.05, 3.63) is 77.6 Å². The maximum Gasteiger partial charge on any atom is 0.341 e. The lowest BCUT2D eigenvalue weighted by molar-refractivity contribution is 0.0597. The number of aromatic nitrogens is 1. The Hall–Kier alpha value is -4.07. The van der Waals surface area contributed by atoms with Crippen molar-refractivity contribution in [3.8, 4) is 17.2 Å². The lowest BCUT2D eigenvalue weighted by atomic mass is 10.1. The van der Waals surface area contributed by atoms with E-state index in [9.17, 15) is 14.7 Å². The third-order valence-electron chi connectivity index (χ3n) is 4.34. The highest BCUT2D eigenvalue weighted by Crippen LogP contribution is 2.31. The number of rotatable bonds is 8. The highest BCUT2D eigenvalue weighted by molar-refractivity contribution is 6.06. The van der Waals surface area contributed by atoms with Crippen LogP contribution in [0.2, 0.25) is 0 Å². The molecule has 3 aromatic rings. The van der Waals surface area contributed by atoms with Crippen LogP contribution in [0.3, 0.4) is 0 Å². The molecule has 160 valence electrons. The van der Waals surface area contributed by atoms with Crippen LogP contribution >= 0.6 is 0 Å². The van der Waals surface area contributed by atoms with Crippen LogP contribution in [0, 0.1) is 0 Å². The van der Waals surface area contributed by atoms with Crippen LogP contribution in [0.15, 0.2) is 60.9 Å². The second kappa shape index (κ2) is 10.1. The minimum Gasteiger partial charge on any atom is -0.505 e. The van der Waals surface area contributed by atoms with Crippen molar-refractivity contribution in [1.29, 1.82) is 0 Å². The number of ether oxygens (including phenoxy) is 3. The molecule has 0 fully saturated rings. The number of carbonyl (C=O) groups is 2. The summed E-state index contributed by atoms with van der Waals surface area (Å²) in [6, 6.07) is 12.9. The number of para-hydroxylation sites is 1. The fraction of sp³-hybridized carbons (Fsp3) is 0.174. The van der Waals surface area contributed by atoms with E-state index in [4.69, 9.17) is 9.47 Å². The van der Waals surface area contributed by atoms with Crippen molar-refractivity contribution in [3.63, 3.8) is 0 Å². The predicted octanol–water partition coefficient (Wildman–Crippen LogP) is 3.80. The van der Waals surface area contributed by atoms with Gasteiger partial charge in [0.1, 0.15) is 12.2 Å². The highest BCUT2D eigenvalue weighted by atomic mass is 16.5. The first-order chi connectivity index (χ1) is 15.0. The Balaban J connectivity index is 1.78. The number of hydrogen-bond acceptors (Lipinski definition) is 7. The minimum atomic E-state index is -0.706. The normalized spacial score (nSPS) is 10.3. The highest BCUT2D eigenvalue weighted by Gasteiger charge is 2.18. The molecule has 0 spiro atoms. The second-order valence-electron chi connectivity index (χ2n) is 6.39. The van der Waals surface area contributed by atoms with E-state index in [0.717, 1.165) is 5.56 Å². The maximum atomic E-state index is 12.7. The molecular formula is C23H22N2O6. The number of nitrogens with zero attached hydrogens (tertiary/aromatic N) is 1. The van der Waals surface area contributed by atoms with Gasteiger partial charge in [-0.25, -0.2) is 4.79 Å². The van der Waals surface area contributed by atoms with E-state index in [2.05, 4.69) is 15.0 Å². The van der Waals surface area contributed by atoms with E-state index in [1.807, 2.05) is 19.1 Å². The standard InChI is InChI=1S/C23H22N2O6/c1-3-30-20-13-16(7-8-19(20)31-14-15-9-11-24-12-10-15)22(27)25-18-6-4-5-17(21(18)26)23(28)29-2/h4-13,26H,3,14H2,1-2H3,(H,25,27). The van der Waals surface area contributed by atoms with Gasteiger partial charge in [-0.3, -0.25) is 9.78 Å². The molecule has 0 saturated carbocycles. The van der Waals surface area contributed by atoms with Gasteiger partial charge in [0.2, 0.25) is 0 Å². The molecule has 2 N–H and O–H groups in total. The van der Waals surface area contributed by atoms with Crippen LogP contribution in [0.4, 0.5) is 5.69 Å². The Morgan fingerprint density at radius 1 is 1.03 bits per heavy atom. The summed E-state index contributed by atoms with van der Waals surface area (Å²) in [5, 5.41) is 12.9. The summed E-state index contributed by atoms with van der Waals surface area (Å²) in [5.74, 6) is -0.658.